The maximum Gasteiger partial charge on any atom is 0.135 e. The van der Waals surface area contributed by atoms with E-state index in [4.69, 9.17) is 0 Å². The van der Waals surface area contributed by atoms with Crippen LogP contribution in [0.3, 0.4) is 0 Å². The van der Waals surface area contributed by atoms with E-state index in [1.54, 1.807) is 6.92 Å². The number of carbonyl (C=O) groups excluding carboxylic acids is 2. The lowest BCUT2D eigenvalue weighted by Gasteiger charge is -1.96. The first-order valence-corrected chi connectivity index (χ1v) is 5.33. The van der Waals surface area contributed by atoms with Crippen molar-refractivity contribution in [1.82, 2.24) is 0 Å². The lowest BCUT2D eigenvalue weighted by molar-refractivity contribution is -0.121. The second-order valence-electron chi connectivity index (χ2n) is 4.27. The van der Waals surface area contributed by atoms with Gasteiger partial charge in [0.15, 0.2) is 0 Å². The highest BCUT2D eigenvalue weighted by Gasteiger charge is 2.00. The molecule has 0 heterocycles. The van der Waals surface area contributed by atoms with Gasteiger partial charge in [-0.15, -0.1) is 0 Å². The molecule has 0 rings (SSSR count). The highest BCUT2D eigenvalue weighted by atomic mass is 16.1. The first-order chi connectivity index (χ1) is 6.31. The van der Waals surface area contributed by atoms with Gasteiger partial charge in [0, 0.05) is 18.8 Å². The van der Waals surface area contributed by atoms with Crippen LogP contribution in [0.5, 0.6) is 0 Å². The van der Waals surface area contributed by atoms with Gasteiger partial charge >= 0.3 is 0 Å². The first kappa shape index (κ1) is 15.8. The molecule has 0 aliphatic heterocycles. The average Bonchev–Trinajstić information content (AvgIpc) is 2.01. The molecule has 0 aliphatic carbocycles. The molecule has 0 fully saturated rings. The van der Waals surface area contributed by atoms with Crippen LogP contribution in [0, 0.1) is 11.8 Å². The molecule has 0 aromatic carbocycles. The zero-order chi connectivity index (χ0) is 11.7. The molecule has 2 nitrogen and oxygen atoms in total. The summed E-state index contributed by atoms with van der Waals surface area (Å²) < 4.78 is 0. The summed E-state index contributed by atoms with van der Waals surface area (Å²) in [4.78, 5) is 20.8. The molecule has 0 aromatic rings. The zero-order valence-corrected chi connectivity index (χ0v) is 10.4. The molecule has 0 saturated heterocycles. The first-order valence-electron chi connectivity index (χ1n) is 5.33. The molecule has 2 heteroatoms. The van der Waals surface area contributed by atoms with Crippen LogP contribution in [-0.2, 0) is 9.59 Å². The second kappa shape index (κ2) is 8.92. The molecule has 0 radical (unpaired) electrons. The maximum absolute atomic E-state index is 10.5. The van der Waals surface area contributed by atoms with E-state index in [0.29, 0.717) is 18.1 Å². The monoisotopic (exact) mass is 200 g/mol. The SMILES string of the molecule is CC(=O)CC(C)C.CCC(=O)C(C)C. The molecule has 0 aliphatic rings. The van der Waals surface area contributed by atoms with Gasteiger partial charge in [0.25, 0.3) is 0 Å². The van der Waals surface area contributed by atoms with Crippen LogP contribution in [0.25, 0.3) is 0 Å². The smallest absolute Gasteiger partial charge is 0.135 e. The normalized spacial score (nSPS) is 9.71. The minimum absolute atomic E-state index is 0.227. The van der Waals surface area contributed by atoms with Crippen molar-refractivity contribution in [2.75, 3.05) is 0 Å². The predicted molar refractivity (Wildman–Crippen MR) is 60.3 cm³/mol. The van der Waals surface area contributed by atoms with Crippen molar-refractivity contribution in [1.29, 1.82) is 0 Å². The summed E-state index contributed by atoms with van der Waals surface area (Å²) in [6.07, 6.45) is 1.40. The van der Waals surface area contributed by atoms with Gasteiger partial charge in [-0.2, -0.15) is 0 Å². The van der Waals surface area contributed by atoms with Crippen LogP contribution in [0.1, 0.15) is 54.4 Å². The van der Waals surface area contributed by atoms with E-state index >= 15 is 0 Å². The molecule has 0 saturated carbocycles. The predicted octanol–water partition coefficient (Wildman–Crippen LogP) is 3.24. The third kappa shape index (κ3) is 13.9. The Labute approximate surface area is 88.1 Å². The molecule has 0 unspecified atom stereocenters. The minimum atomic E-state index is 0.227. The van der Waals surface area contributed by atoms with E-state index < -0.39 is 0 Å². The summed E-state index contributed by atoms with van der Waals surface area (Å²) in [7, 11) is 0. The lowest BCUT2D eigenvalue weighted by Crippen LogP contribution is -2.03. The number of ketones is 2. The highest BCUT2D eigenvalue weighted by Crippen LogP contribution is 1.97. The molecular formula is C12H24O2. The lowest BCUT2D eigenvalue weighted by atomic mass is 10.1. The van der Waals surface area contributed by atoms with Crippen LogP contribution < -0.4 is 0 Å². The van der Waals surface area contributed by atoms with Crippen molar-refractivity contribution in [3.05, 3.63) is 0 Å². The molecule has 0 aromatic heterocycles. The van der Waals surface area contributed by atoms with Crippen molar-refractivity contribution in [2.24, 2.45) is 11.8 Å². The van der Waals surface area contributed by atoms with Crippen LogP contribution in [0.2, 0.25) is 0 Å². The Kier molecular flexibility index (Phi) is 10.1. The van der Waals surface area contributed by atoms with Crippen LogP contribution in [-0.4, -0.2) is 11.6 Å². The molecule has 0 amide bonds. The molecule has 84 valence electrons. The standard InChI is InChI=1S/2C6H12O/c1-5(2)4-6(3)7;1-4-6(7)5(2)3/h2*5H,4H2,1-3H3. The van der Waals surface area contributed by atoms with E-state index in [2.05, 4.69) is 0 Å². The summed E-state index contributed by atoms with van der Waals surface area (Å²) in [5.74, 6) is 1.39. The van der Waals surface area contributed by atoms with Gasteiger partial charge in [0.1, 0.15) is 11.6 Å². The fourth-order valence-corrected chi connectivity index (χ4v) is 0.983. The maximum atomic E-state index is 10.5. The zero-order valence-electron chi connectivity index (χ0n) is 10.4. The molecule has 0 N–H and O–H groups in total. The minimum Gasteiger partial charge on any atom is -0.300 e. The summed E-state index contributed by atoms with van der Waals surface area (Å²) in [5, 5.41) is 0. The van der Waals surface area contributed by atoms with E-state index in [1.807, 2.05) is 34.6 Å². The Morgan fingerprint density at radius 1 is 1.07 bits per heavy atom. The fourth-order valence-electron chi connectivity index (χ4n) is 0.983. The number of hydrogen-bond acceptors (Lipinski definition) is 2. The van der Waals surface area contributed by atoms with E-state index in [9.17, 15) is 9.59 Å². The Bertz CT molecular complexity index is 169. The van der Waals surface area contributed by atoms with E-state index in [0.717, 1.165) is 6.42 Å². The Hall–Kier alpha value is -0.660. The van der Waals surface area contributed by atoms with Crippen LogP contribution in [0.4, 0.5) is 0 Å². The Morgan fingerprint density at radius 3 is 1.50 bits per heavy atom. The van der Waals surface area contributed by atoms with Gasteiger partial charge in [-0.3, -0.25) is 4.79 Å². The quantitative estimate of drug-likeness (QED) is 0.698. The fraction of sp³-hybridized carbons (Fsp3) is 0.833. The largest absolute Gasteiger partial charge is 0.300 e. The molecular weight excluding hydrogens is 176 g/mol. The van der Waals surface area contributed by atoms with Crippen molar-refractivity contribution >= 4 is 11.6 Å². The highest BCUT2D eigenvalue weighted by molar-refractivity contribution is 5.79. The third-order valence-corrected chi connectivity index (χ3v) is 1.69. The number of Topliss-reactive ketones (excluding diaryl/α,β-unsaturated/α-hetero) is 2. The van der Waals surface area contributed by atoms with Gasteiger partial charge in [-0.25, -0.2) is 0 Å². The van der Waals surface area contributed by atoms with Gasteiger partial charge in [-0.1, -0.05) is 34.6 Å². The number of carbonyl (C=O) groups is 2. The Balaban J connectivity index is 0. The molecule has 0 bridgehead atoms. The van der Waals surface area contributed by atoms with Gasteiger partial charge in [0.05, 0.1) is 0 Å². The second-order valence-corrected chi connectivity index (χ2v) is 4.27. The molecule has 0 spiro atoms. The van der Waals surface area contributed by atoms with Crippen molar-refractivity contribution in [3.8, 4) is 0 Å². The summed E-state index contributed by atoms with van der Waals surface area (Å²) in [6.45, 7) is 11.4. The summed E-state index contributed by atoms with van der Waals surface area (Å²) in [6, 6.07) is 0. The van der Waals surface area contributed by atoms with E-state index in [-0.39, 0.29) is 11.7 Å². The third-order valence-electron chi connectivity index (χ3n) is 1.69. The van der Waals surface area contributed by atoms with Crippen molar-refractivity contribution in [3.63, 3.8) is 0 Å². The van der Waals surface area contributed by atoms with Crippen molar-refractivity contribution in [2.45, 2.75) is 54.4 Å². The number of hydrogen-bond donors (Lipinski definition) is 0. The van der Waals surface area contributed by atoms with Crippen LogP contribution in [0.15, 0.2) is 0 Å². The van der Waals surface area contributed by atoms with E-state index in [1.165, 1.54) is 0 Å². The topological polar surface area (TPSA) is 34.1 Å². The Morgan fingerprint density at radius 2 is 1.50 bits per heavy atom. The number of rotatable bonds is 4. The molecule has 0 atom stereocenters. The average molecular weight is 200 g/mol. The molecule has 14 heavy (non-hydrogen) atoms. The summed E-state index contributed by atoms with van der Waals surface area (Å²) in [5.41, 5.74) is 0. The van der Waals surface area contributed by atoms with Crippen molar-refractivity contribution < 1.29 is 9.59 Å². The van der Waals surface area contributed by atoms with Gasteiger partial charge in [-0.05, 0) is 12.8 Å². The van der Waals surface area contributed by atoms with Gasteiger partial charge < -0.3 is 4.79 Å². The van der Waals surface area contributed by atoms with Crippen LogP contribution >= 0.6 is 0 Å². The van der Waals surface area contributed by atoms with Gasteiger partial charge in [0.2, 0.25) is 0 Å². The summed E-state index contributed by atoms with van der Waals surface area (Å²) >= 11 is 0.